The second-order valence-corrected chi connectivity index (χ2v) is 5.85. The Kier molecular flexibility index (Phi) is 6.98. The number of nitrogens with zero attached hydrogens (tertiary/aromatic N) is 3. The predicted molar refractivity (Wildman–Crippen MR) is 95.5 cm³/mol. The Balaban J connectivity index is 2.08. The number of piperazine rings is 1. The molecule has 0 aromatic heterocycles. The lowest BCUT2D eigenvalue weighted by atomic mass is 10.2. The number of amides is 1. The van der Waals surface area contributed by atoms with Crippen LogP contribution in [-0.2, 0) is 4.74 Å². The van der Waals surface area contributed by atoms with Gasteiger partial charge in [-0.05, 0) is 19.1 Å². The van der Waals surface area contributed by atoms with Crippen molar-refractivity contribution in [3.05, 3.63) is 28.3 Å². The van der Waals surface area contributed by atoms with E-state index in [1.165, 1.54) is 6.07 Å². The number of aliphatic hydroxyl groups is 2. The van der Waals surface area contributed by atoms with Gasteiger partial charge < -0.3 is 30.1 Å². The summed E-state index contributed by atoms with van der Waals surface area (Å²) in [6, 6.07) is 4.70. The molecule has 1 fully saturated rings. The van der Waals surface area contributed by atoms with E-state index in [1.807, 2.05) is 4.90 Å². The number of hydrogen-bond acceptors (Lipinski definition) is 8. The van der Waals surface area contributed by atoms with Crippen LogP contribution in [0.2, 0.25) is 0 Å². The van der Waals surface area contributed by atoms with Crippen molar-refractivity contribution in [2.45, 2.75) is 13.0 Å². The number of nitro benzene ring substituents is 1. The molecule has 0 saturated carbocycles. The third kappa shape index (κ3) is 4.96. The molecule has 3 N–H and O–H groups in total. The molecule has 0 spiro atoms. The maximum atomic E-state index is 11.7. The van der Waals surface area contributed by atoms with E-state index in [2.05, 4.69) is 5.32 Å². The molecule has 0 bridgehead atoms. The van der Waals surface area contributed by atoms with Crippen molar-refractivity contribution in [1.29, 1.82) is 0 Å². The molecule has 1 aliphatic heterocycles. The molecule has 10 nitrogen and oxygen atoms in total. The minimum atomic E-state index is -1.01. The van der Waals surface area contributed by atoms with Gasteiger partial charge in [-0.2, -0.15) is 0 Å². The first-order valence-corrected chi connectivity index (χ1v) is 8.44. The summed E-state index contributed by atoms with van der Waals surface area (Å²) in [5.74, 6) is 0. The Bertz CT molecular complexity index is 633. The van der Waals surface area contributed by atoms with E-state index in [1.54, 1.807) is 24.0 Å². The number of ether oxygens (including phenoxy) is 1. The zero-order chi connectivity index (χ0) is 19.1. The van der Waals surface area contributed by atoms with Crippen LogP contribution < -0.4 is 10.2 Å². The van der Waals surface area contributed by atoms with E-state index in [4.69, 9.17) is 9.84 Å². The smallest absolute Gasteiger partial charge is 0.409 e. The van der Waals surface area contributed by atoms with Gasteiger partial charge >= 0.3 is 6.09 Å². The van der Waals surface area contributed by atoms with Crippen molar-refractivity contribution < 1.29 is 24.7 Å². The lowest BCUT2D eigenvalue weighted by Crippen LogP contribution is -2.49. The van der Waals surface area contributed by atoms with Crippen LogP contribution in [0.1, 0.15) is 6.92 Å². The summed E-state index contributed by atoms with van der Waals surface area (Å²) in [7, 11) is 0. The minimum absolute atomic E-state index is 0.00255. The standard InChI is InChI=1S/C16H24N4O6/c1-2-26-16(23)19-7-5-18(6-8-19)12-3-4-15(20(24)25)14(9-12)17-10-13(22)11-21/h3-4,9,13,17,21-22H,2,5-8,10-11H2,1H3. The monoisotopic (exact) mass is 368 g/mol. The number of anilines is 2. The fraction of sp³-hybridized carbons (Fsp3) is 0.562. The van der Waals surface area contributed by atoms with Crippen molar-refractivity contribution in [2.24, 2.45) is 0 Å². The Morgan fingerprint density at radius 3 is 2.65 bits per heavy atom. The van der Waals surface area contributed by atoms with Gasteiger partial charge in [0.1, 0.15) is 5.69 Å². The van der Waals surface area contributed by atoms with E-state index in [0.717, 1.165) is 5.69 Å². The largest absolute Gasteiger partial charge is 0.450 e. The maximum absolute atomic E-state index is 11.7. The molecule has 1 unspecified atom stereocenters. The molecule has 1 aromatic carbocycles. The molecule has 1 amide bonds. The van der Waals surface area contributed by atoms with Crippen molar-refractivity contribution in [3.63, 3.8) is 0 Å². The van der Waals surface area contributed by atoms with Crippen LogP contribution in [0.4, 0.5) is 21.9 Å². The van der Waals surface area contributed by atoms with Gasteiger partial charge in [0.15, 0.2) is 0 Å². The van der Waals surface area contributed by atoms with Crippen LogP contribution in [-0.4, -0.2) is 78.2 Å². The summed E-state index contributed by atoms with van der Waals surface area (Å²) >= 11 is 0. The number of nitro groups is 1. The lowest BCUT2D eigenvalue weighted by molar-refractivity contribution is -0.384. The van der Waals surface area contributed by atoms with Crippen molar-refractivity contribution in [2.75, 3.05) is 56.2 Å². The number of hydrogen-bond donors (Lipinski definition) is 3. The Hall–Kier alpha value is -2.59. The molecule has 2 rings (SSSR count). The highest BCUT2D eigenvalue weighted by atomic mass is 16.6. The summed E-state index contributed by atoms with van der Waals surface area (Å²) in [5, 5.41) is 32.3. The van der Waals surface area contributed by atoms with Crippen molar-refractivity contribution in [1.82, 2.24) is 4.90 Å². The second kappa shape index (κ2) is 9.20. The first kappa shape index (κ1) is 19.7. The van der Waals surface area contributed by atoms with Crippen LogP contribution in [0.15, 0.2) is 18.2 Å². The maximum Gasteiger partial charge on any atom is 0.409 e. The van der Waals surface area contributed by atoms with Crippen LogP contribution in [0.3, 0.4) is 0 Å². The predicted octanol–water partition coefficient (Wildman–Crippen LogP) is 0.638. The quantitative estimate of drug-likeness (QED) is 0.472. The number of aliphatic hydroxyl groups excluding tert-OH is 2. The molecule has 26 heavy (non-hydrogen) atoms. The Morgan fingerprint density at radius 2 is 2.08 bits per heavy atom. The Labute approximate surface area is 151 Å². The molecule has 0 aliphatic carbocycles. The molecule has 1 saturated heterocycles. The highest BCUT2D eigenvalue weighted by Crippen LogP contribution is 2.30. The molecule has 1 aliphatic rings. The van der Waals surface area contributed by atoms with Crippen LogP contribution in [0.5, 0.6) is 0 Å². The molecular weight excluding hydrogens is 344 g/mol. The van der Waals surface area contributed by atoms with Gasteiger partial charge in [0.25, 0.3) is 5.69 Å². The third-order valence-electron chi connectivity index (χ3n) is 4.09. The molecule has 144 valence electrons. The fourth-order valence-corrected chi connectivity index (χ4v) is 2.68. The topological polar surface area (TPSA) is 128 Å². The number of benzene rings is 1. The van der Waals surface area contributed by atoms with E-state index in [0.29, 0.717) is 32.8 Å². The minimum Gasteiger partial charge on any atom is -0.450 e. The zero-order valence-electron chi connectivity index (χ0n) is 14.6. The molecule has 1 aromatic rings. The van der Waals surface area contributed by atoms with Gasteiger partial charge in [0, 0.05) is 44.5 Å². The normalized spacial score (nSPS) is 15.5. The molecular formula is C16H24N4O6. The summed E-state index contributed by atoms with van der Waals surface area (Å²) in [6.45, 7) is 3.81. The molecule has 1 heterocycles. The fourth-order valence-electron chi connectivity index (χ4n) is 2.68. The van der Waals surface area contributed by atoms with Gasteiger partial charge in [0.2, 0.25) is 0 Å². The van der Waals surface area contributed by atoms with Crippen LogP contribution in [0.25, 0.3) is 0 Å². The van der Waals surface area contributed by atoms with E-state index in [-0.39, 0.29) is 24.0 Å². The lowest BCUT2D eigenvalue weighted by Gasteiger charge is -2.35. The van der Waals surface area contributed by atoms with Gasteiger partial charge in [-0.25, -0.2) is 4.79 Å². The van der Waals surface area contributed by atoms with Crippen molar-refractivity contribution in [3.8, 4) is 0 Å². The summed E-state index contributed by atoms with van der Waals surface area (Å²) < 4.78 is 4.99. The average molecular weight is 368 g/mol. The van der Waals surface area contributed by atoms with Gasteiger partial charge in [-0.3, -0.25) is 10.1 Å². The van der Waals surface area contributed by atoms with Gasteiger partial charge in [-0.1, -0.05) is 0 Å². The summed E-state index contributed by atoms with van der Waals surface area (Å²) in [6.07, 6.45) is -1.34. The SMILES string of the molecule is CCOC(=O)N1CCN(c2ccc([N+](=O)[O-])c(NCC(O)CO)c2)CC1. The van der Waals surface area contributed by atoms with Gasteiger partial charge in [0.05, 0.1) is 24.2 Å². The Morgan fingerprint density at radius 1 is 1.38 bits per heavy atom. The molecule has 10 heteroatoms. The number of rotatable bonds is 7. The highest BCUT2D eigenvalue weighted by Gasteiger charge is 2.23. The third-order valence-corrected chi connectivity index (χ3v) is 4.09. The molecule has 1 atom stereocenters. The van der Waals surface area contributed by atoms with Gasteiger partial charge in [-0.15, -0.1) is 0 Å². The number of carbonyl (C=O) groups excluding carboxylic acids is 1. The van der Waals surface area contributed by atoms with E-state index < -0.39 is 17.6 Å². The summed E-state index contributed by atoms with van der Waals surface area (Å²) in [4.78, 5) is 26.1. The first-order chi connectivity index (χ1) is 12.5. The average Bonchev–Trinajstić information content (AvgIpc) is 2.66. The second-order valence-electron chi connectivity index (χ2n) is 5.85. The summed E-state index contributed by atoms with van der Waals surface area (Å²) in [5.41, 5.74) is 0.942. The zero-order valence-corrected chi connectivity index (χ0v) is 14.6. The number of nitrogens with one attached hydrogen (secondary N) is 1. The number of carbonyl (C=O) groups is 1. The first-order valence-electron chi connectivity index (χ1n) is 8.44. The highest BCUT2D eigenvalue weighted by molar-refractivity contribution is 5.70. The molecule has 0 radical (unpaired) electrons. The van der Waals surface area contributed by atoms with E-state index >= 15 is 0 Å². The van der Waals surface area contributed by atoms with Crippen LogP contribution in [0, 0.1) is 10.1 Å². The van der Waals surface area contributed by atoms with Crippen LogP contribution >= 0.6 is 0 Å². The van der Waals surface area contributed by atoms with Crippen molar-refractivity contribution >= 4 is 23.2 Å². The van der Waals surface area contributed by atoms with E-state index in [9.17, 15) is 20.0 Å².